The summed E-state index contributed by atoms with van der Waals surface area (Å²) in [7, 11) is 0. The third kappa shape index (κ3) is 2.39. The minimum Gasteiger partial charge on any atom is -0.492 e. The van der Waals surface area contributed by atoms with Gasteiger partial charge in [0, 0.05) is 12.0 Å². The topological polar surface area (TPSA) is 9.23 Å². The Morgan fingerprint density at radius 3 is 2.52 bits per heavy atom. The molecule has 1 aliphatic heterocycles. The Hall–Kier alpha value is -1.97. The van der Waals surface area contributed by atoms with E-state index in [-0.39, 0.29) is 0 Å². The van der Waals surface area contributed by atoms with Crippen LogP contribution in [0.3, 0.4) is 0 Å². The van der Waals surface area contributed by atoms with E-state index in [1.54, 1.807) is 0 Å². The number of aryl methyl sites for hydroxylation is 1. The van der Waals surface area contributed by atoms with Gasteiger partial charge in [0.2, 0.25) is 0 Å². The monoisotopic (exact) mass is 292 g/mol. The summed E-state index contributed by atoms with van der Waals surface area (Å²) in [6.07, 6.45) is -3.82. The molecule has 0 fully saturated rings. The lowest BCUT2D eigenvalue weighted by Gasteiger charge is -2.16. The number of ether oxygens (including phenoxy) is 1. The Morgan fingerprint density at radius 1 is 1.05 bits per heavy atom. The van der Waals surface area contributed by atoms with Crippen molar-refractivity contribution in [1.82, 2.24) is 0 Å². The van der Waals surface area contributed by atoms with E-state index in [9.17, 15) is 13.2 Å². The van der Waals surface area contributed by atoms with E-state index in [1.807, 2.05) is 32.0 Å². The van der Waals surface area contributed by atoms with Crippen LogP contribution in [-0.2, 0) is 12.6 Å². The number of hydrogen-bond donors (Lipinski definition) is 0. The van der Waals surface area contributed by atoms with Gasteiger partial charge in [-0.05, 0) is 48.2 Å². The highest BCUT2D eigenvalue weighted by molar-refractivity contribution is 5.77. The number of alkyl halides is 3. The largest absolute Gasteiger partial charge is 0.492 e. The first kappa shape index (κ1) is 14.0. The maximum absolute atomic E-state index is 13.1. The summed E-state index contributed by atoms with van der Waals surface area (Å²) in [5.74, 6) is 0.594. The molecule has 3 rings (SSSR count). The Kier molecular flexibility index (Phi) is 3.19. The van der Waals surface area contributed by atoms with Crippen LogP contribution in [0.15, 0.2) is 30.3 Å². The minimum absolute atomic E-state index is 0.439. The van der Waals surface area contributed by atoms with E-state index in [1.165, 1.54) is 12.1 Å². The Labute approximate surface area is 121 Å². The zero-order chi connectivity index (χ0) is 15.2. The highest BCUT2D eigenvalue weighted by Gasteiger charge is 2.33. The molecule has 0 bridgehead atoms. The molecule has 21 heavy (non-hydrogen) atoms. The van der Waals surface area contributed by atoms with Gasteiger partial charge in [0.25, 0.3) is 0 Å². The van der Waals surface area contributed by atoms with Crippen molar-refractivity contribution in [3.05, 3.63) is 52.6 Å². The van der Waals surface area contributed by atoms with E-state index in [4.69, 9.17) is 4.74 Å². The second-order valence-electron chi connectivity index (χ2n) is 5.36. The lowest BCUT2D eigenvalue weighted by molar-refractivity contribution is -0.137. The summed E-state index contributed by atoms with van der Waals surface area (Å²) in [5.41, 5.74) is 3.41. The molecule has 0 aliphatic carbocycles. The predicted molar refractivity (Wildman–Crippen MR) is 75.6 cm³/mol. The van der Waals surface area contributed by atoms with Crippen LogP contribution in [0.4, 0.5) is 13.2 Å². The minimum atomic E-state index is -4.34. The molecule has 0 radical (unpaired) electrons. The fraction of sp³-hybridized carbons (Fsp3) is 0.294. The van der Waals surface area contributed by atoms with Crippen molar-refractivity contribution in [2.75, 3.05) is 6.61 Å². The second-order valence-corrected chi connectivity index (χ2v) is 5.36. The molecule has 0 spiro atoms. The Morgan fingerprint density at radius 2 is 1.81 bits per heavy atom. The highest BCUT2D eigenvalue weighted by atomic mass is 19.4. The highest BCUT2D eigenvalue weighted by Crippen LogP contribution is 2.43. The summed E-state index contributed by atoms with van der Waals surface area (Å²) in [4.78, 5) is 0. The van der Waals surface area contributed by atoms with Gasteiger partial charge in [0.15, 0.2) is 0 Å². The molecule has 0 aromatic heterocycles. The van der Waals surface area contributed by atoms with Gasteiger partial charge in [0.1, 0.15) is 5.75 Å². The molecule has 0 saturated carbocycles. The number of hydrogen-bond acceptors (Lipinski definition) is 1. The van der Waals surface area contributed by atoms with Gasteiger partial charge in [-0.2, -0.15) is 13.2 Å². The molecule has 2 aromatic rings. The van der Waals surface area contributed by atoms with E-state index >= 15 is 0 Å². The van der Waals surface area contributed by atoms with Gasteiger partial charge in [-0.3, -0.25) is 0 Å². The normalized spacial score (nSPS) is 14.0. The fourth-order valence-electron chi connectivity index (χ4n) is 2.71. The summed E-state index contributed by atoms with van der Waals surface area (Å²) in [5, 5.41) is 0. The van der Waals surface area contributed by atoms with Crippen LogP contribution in [0.25, 0.3) is 11.1 Å². The quantitative estimate of drug-likeness (QED) is 0.724. The fourth-order valence-corrected chi connectivity index (χ4v) is 2.71. The number of benzene rings is 2. The molecular weight excluding hydrogens is 277 g/mol. The summed E-state index contributed by atoms with van der Waals surface area (Å²) < 4.78 is 44.9. The zero-order valence-corrected chi connectivity index (χ0v) is 11.8. The van der Waals surface area contributed by atoms with Crippen LogP contribution in [0.1, 0.15) is 22.3 Å². The first-order chi connectivity index (χ1) is 9.88. The van der Waals surface area contributed by atoms with Gasteiger partial charge < -0.3 is 4.74 Å². The Bertz CT molecular complexity index is 702. The van der Waals surface area contributed by atoms with Crippen LogP contribution >= 0.6 is 0 Å². The van der Waals surface area contributed by atoms with Crippen LogP contribution in [-0.4, -0.2) is 6.61 Å². The van der Waals surface area contributed by atoms with Crippen molar-refractivity contribution in [3.8, 4) is 16.9 Å². The van der Waals surface area contributed by atoms with Crippen molar-refractivity contribution < 1.29 is 17.9 Å². The van der Waals surface area contributed by atoms with Gasteiger partial charge in [-0.25, -0.2) is 0 Å². The van der Waals surface area contributed by atoms with Crippen molar-refractivity contribution in [2.24, 2.45) is 0 Å². The molecule has 110 valence electrons. The standard InChI is InChI=1S/C17H15F3O/c1-10-4-3-5-14(11(10)2)15-9-13(17(18,19)20)8-12-6-7-21-16(12)15/h3-5,8-9H,6-7H2,1-2H3. The maximum atomic E-state index is 13.1. The van der Waals surface area contributed by atoms with E-state index in [0.29, 0.717) is 29.9 Å². The van der Waals surface area contributed by atoms with Crippen LogP contribution in [0.5, 0.6) is 5.75 Å². The van der Waals surface area contributed by atoms with E-state index in [2.05, 4.69) is 0 Å². The lowest BCUT2D eigenvalue weighted by atomic mass is 9.93. The molecule has 0 atom stereocenters. The SMILES string of the molecule is Cc1cccc(-c2cc(C(F)(F)F)cc3c2OCC3)c1C. The number of halogens is 3. The van der Waals surface area contributed by atoms with Crippen molar-refractivity contribution in [2.45, 2.75) is 26.4 Å². The maximum Gasteiger partial charge on any atom is 0.416 e. The molecule has 0 amide bonds. The van der Waals surface area contributed by atoms with Gasteiger partial charge in [-0.1, -0.05) is 18.2 Å². The molecular formula is C17H15F3O. The third-order valence-corrected chi connectivity index (χ3v) is 4.01. The number of rotatable bonds is 1. The summed E-state index contributed by atoms with van der Waals surface area (Å²) in [6.45, 7) is 4.31. The first-order valence-corrected chi connectivity index (χ1v) is 6.81. The number of fused-ring (bicyclic) bond motifs is 1. The molecule has 0 unspecified atom stereocenters. The Balaban J connectivity index is 2.27. The van der Waals surface area contributed by atoms with Gasteiger partial charge in [-0.15, -0.1) is 0 Å². The smallest absolute Gasteiger partial charge is 0.416 e. The zero-order valence-electron chi connectivity index (χ0n) is 11.8. The average Bonchev–Trinajstić information content (AvgIpc) is 2.88. The van der Waals surface area contributed by atoms with Crippen molar-refractivity contribution in [1.29, 1.82) is 0 Å². The first-order valence-electron chi connectivity index (χ1n) is 6.81. The van der Waals surface area contributed by atoms with Crippen LogP contribution in [0, 0.1) is 13.8 Å². The molecule has 4 heteroatoms. The summed E-state index contributed by atoms with van der Waals surface area (Å²) in [6, 6.07) is 8.06. The molecule has 0 N–H and O–H groups in total. The van der Waals surface area contributed by atoms with E-state index < -0.39 is 11.7 Å². The third-order valence-electron chi connectivity index (χ3n) is 4.01. The van der Waals surface area contributed by atoms with Crippen molar-refractivity contribution >= 4 is 0 Å². The summed E-state index contributed by atoms with van der Waals surface area (Å²) >= 11 is 0. The second kappa shape index (κ2) is 4.79. The molecule has 1 heterocycles. The molecule has 1 aliphatic rings. The lowest BCUT2D eigenvalue weighted by Crippen LogP contribution is -2.06. The average molecular weight is 292 g/mol. The molecule has 0 saturated heterocycles. The van der Waals surface area contributed by atoms with Gasteiger partial charge in [0.05, 0.1) is 12.2 Å². The molecule has 2 aromatic carbocycles. The van der Waals surface area contributed by atoms with Gasteiger partial charge >= 0.3 is 6.18 Å². The molecule has 1 nitrogen and oxygen atoms in total. The van der Waals surface area contributed by atoms with Crippen molar-refractivity contribution in [3.63, 3.8) is 0 Å². The van der Waals surface area contributed by atoms with E-state index in [0.717, 1.165) is 16.7 Å². The van der Waals surface area contributed by atoms with Crippen LogP contribution < -0.4 is 4.74 Å². The predicted octanol–water partition coefficient (Wildman–Crippen LogP) is 4.92. The van der Waals surface area contributed by atoms with Crippen LogP contribution in [0.2, 0.25) is 0 Å².